The Labute approximate surface area is 105 Å². The molecular formula is C10H18N4O2S. The van der Waals surface area contributed by atoms with E-state index in [1.54, 1.807) is 0 Å². The molecule has 6 nitrogen and oxygen atoms in total. The van der Waals surface area contributed by atoms with Crippen molar-refractivity contribution in [1.29, 1.82) is 0 Å². The first-order chi connectivity index (χ1) is 7.97. The van der Waals surface area contributed by atoms with Gasteiger partial charge in [0.1, 0.15) is 10.6 Å². The van der Waals surface area contributed by atoms with Gasteiger partial charge in [0.2, 0.25) is 0 Å². The van der Waals surface area contributed by atoms with Gasteiger partial charge in [0.05, 0.1) is 7.11 Å². The molecule has 0 bridgehead atoms. The van der Waals surface area contributed by atoms with Crippen LogP contribution in [0.5, 0.6) is 0 Å². The van der Waals surface area contributed by atoms with Crippen LogP contribution in [0, 0.1) is 0 Å². The van der Waals surface area contributed by atoms with Crippen LogP contribution in [-0.2, 0) is 4.74 Å². The van der Waals surface area contributed by atoms with Crippen LogP contribution in [-0.4, -0.2) is 56.6 Å². The maximum atomic E-state index is 11.6. The zero-order valence-electron chi connectivity index (χ0n) is 10.6. The molecule has 0 aliphatic heterocycles. The number of nitrogen functional groups attached to an aromatic ring is 1. The van der Waals surface area contributed by atoms with E-state index in [1.165, 1.54) is 18.6 Å². The van der Waals surface area contributed by atoms with Crippen LogP contribution in [0.25, 0.3) is 0 Å². The fourth-order valence-electron chi connectivity index (χ4n) is 1.30. The highest BCUT2D eigenvalue weighted by Crippen LogP contribution is 2.30. The molecule has 0 fully saturated rings. The van der Waals surface area contributed by atoms with Crippen molar-refractivity contribution in [2.75, 3.05) is 52.0 Å². The lowest BCUT2D eigenvalue weighted by Crippen LogP contribution is -2.29. The second-order valence-electron chi connectivity index (χ2n) is 3.96. The third-order valence-corrected chi connectivity index (χ3v) is 3.30. The van der Waals surface area contributed by atoms with E-state index in [0.29, 0.717) is 5.56 Å². The van der Waals surface area contributed by atoms with Crippen LogP contribution in [0.1, 0.15) is 10.4 Å². The molecule has 0 saturated heterocycles. The molecule has 0 aliphatic rings. The Kier molecular flexibility index (Phi) is 4.71. The third kappa shape index (κ3) is 3.31. The average molecular weight is 258 g/mol. The number of rotatable bonds is 5. The fraction of sp³-hybridized carbons (Fsp3) is 0.600. The number of hydrogen-bond donors (Lipinski definition) is 1. The predicted octanol–water partition coefficient (Wildman–Crippen LogP) is 0.510. The van der Waals surface area contributed by atoms with Gasteiger partial charge in [0.25, 0.3) is 0 Å². The number of carbonyl (C=O) groups excluding carboxylic acids is 1. The van der Waals surface area contributed by atoms with Gasteiger partial charge in [-0.15, -0.1) is 0 Å². The number of nitrogens with zero attached hydrogens (tertiary/aromatic N) is 3. The van der Waals surface area contributed by atoms with Crippen LogP contribution in [0.3, 0.4) is 0 Å². The van der Waals surface area contributed by atoms with Gasteiger partial charge in [-0.05, 0) is 25.6 Å². The lowest BCUT2D eigenvalue weighted by Gasteiger charge is -2.20. The predicted molar refractivity (Wildman–Crippen MR) is 69.7 cm³/mol. The summed E-state index contributed by atoms with van der Waals surface area (Å²) in [6.07, 6.45) is 0. The second-order valence-corrected chi connectivity index (χ2v) is 4.72. The van der Waals surface area contributed by atoms with Crippen molar-refractivity contribution in [2.45, 2.75) is 0 Å². The first kappa shape index (κ1) is 13.7. The van der Waals surface area contributed by atoms with Gasteiger partial charge in [-0.2, -0.15) is 4.37 Å². The highest BCUT2D eigenvalue weighted by Gasteiger charge is 2.22. The molecule has 0 saturated carbocycles. The zero-order chi connectivity index (χ0) is 13.0. The Morgan fingerprint density at radius 2 is 2.06 bits per heavy atom. The standard InChI is InChI=1S/C10H18N4O2S/c1-13(2)5-6-14(3)9-7(10(15)16-4)8(11)12-17-9/h5-6H2,1-4H3,(H2,11,12). The number of hydrogen-bond acceptors (Lipinski definition) is 7. The molecule has 0 atom stereocenters. The maximum absolute atomic E-state index is 11.6. The average Bonchev–Trinajstić information content (AvgIpc) is 2.67. The number of likely N-dealkylation sites (N-methyl/N-ethyl adjacent to an activating group) is 2. The van der Waals surface area contributed by atoms with Gasteiger partial charge in [-0.3, -0.25) is 0 Å². The van der Waals surface area contributed by atoms with Crippen molar-refractivity contribution in [2.24, 2.45) is 0 Å². The van der Waals surface area contributed by atoms with Gasteiger partial charge in [0.15, 0.2) is 5.82 Å². The summed E-state index contributed by atoms with van der Waals surface area (Å²) in [5, 5.41) is 0.746. The molecule has 1 aromatic rings. The smallest absolute Gasteiger partial charge is 0.344 e. The van der Waals surface area contributed by atoms with Gasteiger partial charge in [0, 0.05) is 20.1 Å². The Morgan fingerprint density at radius 1 is 1.41 bits per heavy atom. The first-order valence-corrected chi connectivity index (χ1v) is 5.94. The van der Waals surface area contributed by atoms with E-state index < -0.39 is 5.97 Å². The SMILES string of the molecule is COC(=O)c1c(N)nsc1N(C)CCN(C)C. The van der Waals surface area contributed by atoms with Crippen LogP contribution in [0.2, 0.25) is 0 Å². The molecule has 1 heterocycles. The number of nitrogens with two attached hydrogens (primary N) is 1. The molecule has 0 aliphatic carbocycles. The summed E-state index contributed by atoms with van der Waals surface area (Å²) in [4.78, 5) is 15.6. The van der Waals surface area contributed by atoms with Crippen LogP contribution in [0.4, 0.5) is 10.8 Å². The molecule has 17 heavy (non-hydrogen) atoms. The molecule has 96 valence electrons. The van der Waals surface area contributed by atoms with E-state index >= 15 is 0 Å². The Morgan fingerprint density at radius 3 is 2.59 bits per heavy atom. The molecule has 0 radical (unpaired) electrons. The number of ether oxygens (including phenoxy) is 1. The minimum atomic E-state index is -0.442. The largest absolute Gasteiger partial charge is 0.465 e. The summed E-state index contributed by atoms with van der Waals surface area (Å²) in [5.41, 5.74) is 6.03. The van der Waals surface area contributed by atoms with E-state index in [-0.39, 0.29) is 5.82 Å². The van der Waals surface area contributed by atoms with Gasteiger partial charge in [-0.1, -0.05) is 0 Å². The number of carbonyl (C=O) groups is 1. The topological polar surface area (TPSA) is 71.7 Å². The summed E-state index contributed by atoms with van der Waals surface area (Å²) >= 11 is 1.21. The first-order valence-electron chi connectivity index (χ1n) is 5.16. The van der Waals surface area contributed by atoms with E-state index in [2.05, 4.69) is 9.27 Å². The molecular weight excluding hydrogens is 240 g/mol. The lowest BCUT2D eigenvalue weighted by molar-refractivity contribution is 0.0603. The van der Waals surface area contributed by atoms with Gasteiger partial charge in [-0.25, -0.2) is 4.79 Å². The summed E-state index contributed by atoms with van der Waals surface area (Å²) in [7, 11) is 7.23. The Balaban J connectivity index is 2.86. The van der Waals surface area contributed by atoms with Gasteiger partial charge >= 0.3 is 5.97 Å². The minimum Gasteiger partial charge on any atom is -0.465 e. The summed E-state index contributed by atoms with van der Waals surface area (Å²) in [6, 6.07) is 0. The van der Waals surface area contributed by atoms with Crippen LogP contribution < -0.4 is 10.6 Å². The van der Waals surface area contributed by atoms with Crippen molar-refractivity contribution in [3.05, 3.63) is 5.56 Å². The molecule has 1 aromatic heterocycles. The third-order valence-electron chi connectivity index (χ3n) is 2.32. The van der Waals surface area contributed by atoms with Crippen LogP contribution >= 0.6 is 11.5 Å². The second kappa shape index (κ2) is 5.83. The minimum absolute atomic E-state index is 0.230. The van der Waals surface area contributed by atoms with Crippen molar-refractivity contribution < 1.29 is 9.53 Å². The van der Waals surface area contributed by atoms with Gasteiger partial charge < -0.3 is 20.3 Å². The van der Waals surface area contributed by atoms with Crippen molar-refractivity contribution in [1.82, 2.24) is 9.27 Å². The summed E-state index contributed by atoms with van der Waals surface area (Å²) < 4.78 is 8.70. The van der Waals surface area contributed by atoms with E-state index in [1.807, 2.05) is 26.0 Å². The number of aromatic nitrogens is 1. The lowest BCUT2D eigenvalue weighted by atomic mass is 10.3. The normalized spacial score (nSPS) is 10.6. The van der Waals surface area contributed by atoms with E-state index in [9.17, 15) is 4.79 Å². The Bertz CT molecular complexity index is 392. The highest BCUT2D eigenvalue weighted by atomic mass is 32.1. The summed E-state index contributed by atoms with van der Waals surface area (Å²) in [5.74, 6) is -0.212. The van der Waals surface area contributed by atoms with E-state index in [4.69, 9.17) is 10.5 Å². The van der Waals surface area contributed by atoms with Crippen molar-refractivity contribution >= 4 is 28.3 Å². The zero-order valence-corrected chi connectivity index (χ0v) is 11.4. The molecule has 0 spiro atoms. The molecule has 7 heteroatoms. The number of esters is 1. The quantitative estimate of drug-likeness (QED) is 0.776. The monoisotopic (exact) mass is 258 g/mol. The number of anilines is 2. The number of methoxy groups -OCH3 is 1. The molecule has 2 N–H and O–H groups in total. The fourth-order valence-corrected chi connectivity index (χ4v) is 2.09. The van der Waals surface area contributed by atoms with Crippen molar-refractivity contribution in [3.63, 3.8) is 0 Å². The van der Waals surface area contributed by atoms with Crippen LogP contribution in [0.15, 0.2) is 0 Å². The van der Waals surface area contributed by atoms with Crippen molar-refractivity contribution in [3.8, 4) is 0 Å². The molecule has 0 aromatic carbocycles. The molecule has 0 unspecified atom stereocenters. The molecule has 0 amide bonds. The highest BCUT2D eigenvalue weighted by molar-refractivity contribution is 7.11. The molecule has 1 rings (SSSR count). The Hall–Kier alpha value is -1.34. The van der Waals surface area contributed by atoms with E-state index in [0.717, 1.165) is 18.1 Å². The maximum Gasteiger partial charge on any atom is 0.344 e. The summed E-state index contributed by atoms with van der Waals surface area (Å²) in [6.45, 7) is 1.67.